The molecule has 0 fully saturated rings. The zero-order chi connectivity index (χ0) is 28.2. The van der Waals surface area contributed by atoms with Crippen molar-refractivity contribution in [1.29, 1.82) is 0 Å². The van der Waals surface area contributed by atoms with Crippen LogP contribution in [-0.4, -0.2) is 33.9 Å². The number of pyridine rings is 2. The number of aryl methyl sites for hydroxylation is 1. The molecular formula is C30H28F3N5O. The van der Waals surface area contributed by atoms with Crippen LogP contribution in [0.15, 0.2) is 60.9 Å². The number of carbonyl (C=O) groups is 1. The highest BCUT2D eigenvalue weighted by Crippen LogP contribution is 2.34. The first-order valence-corrected chi connectivity index (χ1v) is 12.5. The van der Waals surface area contributed by atoms with E-state index in [1.807, 2.05) is 31.7 Å². The first-order valence-electron chi connectivity index (χ1n) is 12.5. The second-order valence-electron chi connectivity index (χ2n) is 9.02. The van der Waals surface area contributed by atoms with Gasteiger partial charge in [-0.3, -0.25) is 14.7 Å². The molecule has 4 aromatic rings. The molecule has 0 bridgehead atoms. The number of benzene rings is 2. The molecule has 39 heavy (non-hydrogen) atoms. The average Bonchev–Trinajstić information content (AvgIpc) is 2.92. The summed E-state index contributed by atoms with van der Waals surface area (Å²) in [4.78, 5) is 23.3. The molecule has 0 aliphatic heterocycles. The molecule has 3 N–H and O–H groups in total. The lowest BCUT2D eigenvalue weighted by atomic mass is 10.0. The van der Waals surface area contributed by atoms with Crippen molar-refractivity contribution in [3.8, 4) is 11.8 Å². The Morgan fingerprint density at radius 3 is 2.49 bits per heavy atom. The van der Waals surface area contributed by atoms with Crippen LogP contribution in [0.4, 0.5) is 24.7 Å². The minimum absolute atomic E-state index is 0.0655. The molecule has 0 saturated heterocycles. The van der Waals surface area contributed by atoms with Gasteiger partial charge in [-0.1, -0.05) is 37.8 Å². The first kappa shape index (κ1) is 27.6. The van der Waals surface area contributed by atoms with Crippen LogP contribution in [-0.2, 0) is 12.7 Å². The Balaban J connectivity index is 1.60. The molecule has 0 radical (unpaired) electrons. The van der Waals surface area contributed by atoms with Gasteiger partial charge < -0.3 is 11.1 Å². The fraction of sp³-hybridized carbons (Fsp3) is 0.233. The van der Waals surface area contributed by atoms with Gasteiger partial charge in [0.2, 0.25) is 0 Å². The summed E-state index contributed by atoms with van der Waals surface area (Å²) in [6.45, 7) is 7.09. The van der Waals surface area contributed by atoms with Gasteiger partial charge in [-0.05, 0) is 67.5 Å². The highest BCUT2D eigenvalue weighted by atomic mass is 19.4. The molecular weight excluding hydrogens is 503 g/mol. The van der Waals surface area contributed by atoms with Crippen LogP contribution in [0, 0.1) is 18.8 Å². The quantitative estimate of drug-likeness (QED) is 0.297. The number of aromatic nitrogens is 2. The first-order chi connectivity index (χ1) is 18.6. The Morgan fingerprint density at radius 1 is 1.03 bits per heavy atom. The van der Waals surface area contributed by atoms with E-state index in [4.69, 9.17) is 5.73 Å². The molecule has 0 spiro atoms. The standard InChI is InChI=1S/C30H28F3N5O/c1-4-38(5-2)18-23-12-13-24(16-26(23)30(31,32)33)37-29(39)21-9-8-19(3)20(15-21)10-11-22-17-36-28(34)27-25(22)7-6-14-35-27/h6-9,12-17H,4-5,18H2,1-3H3,(H2,34,36)(H,37,39). The van der Waals surface area contributed by atoms with Crippen molar-refractivity contribution < 1.29 is 18.0 Å². The van der Waals surface area contributed by atoms with Gasteiger partial charge in [0.15, 0.2) is 0 Å². The molecule has 0 saturated carbocycles. The molecule has 0 aliphatic carbocycles. The van der Waals surface area contributed by atoms with E-state index in [0.717, 1.165) is 17.0 Å². The van der Waals surface area contributed by atoms with Crippen molar-refractivity contribution in [3.63, 3.8) is 0 Å². The van der Waals surface area contributed by atoms with Crippen molar-refractivity contribution in [1.82, 2.24) is 14.9 Å². The van der Waals surface area contributed by atoms with Crippen LogP contribution in [0.3, 0.4) is 0 Å². The Labute approximate surface area is 225 Å². The minimum Gasteiger partial charge on any atom is -0.382 e. The largest absolute Gasteiger partial charge is 0.416 e. The number of nitrogens with two attached hydrogens (primary N) is 1. The monoisotopic (exact) mass is 531 g/mol. The van der Waals surface area contributed by atoms with Crippen LogP contribution in [0.2, 0.25) is 0 Å². The summed E-state index contributed by atoms with van der Waals surface area (Å²) in [5.41, 5.74) is 8.27. The number of carbonyl (C=O) groups excluding carboxylic acids is 1. The smallest absolute Gasteiger partial charge is 0.382 e. The third kappa shape index (κ3) is 6.36. The van der Waals surface area contributed by atoms with Gasteiger partial charge in [0.05, 0.1) is 11.1 Å². The van der Waals surface area contributed by atoms with E-state index < -0.39 is 17.6 Å². The van der Waals surface area contributed by atoms with Crippen LogP contribution in [0.1, 0.15) is 52.0 Å². The summed E-state index contributed by atoms with van der Waals surface area (Å²) in [7, 11) is 0. The van der Waals surface area contributed by atoms with Crippen LogP contribution >= 0.6 is 0 Å². The van der Waals surface area contributed by atoms with Crippen molar-refractivity contribution in [2.75, 3.05) is 24.1 Å². The lowest BCUT2D eigenvalue weighted by molar-refractivity contribution is -0.138. The molecule has 0 atom stereocenters. The number of hydrogen-bond acceptors (Lipinski definition) is 5. The highest BCUT2D eigenvalue weighted by Gasteiger charge is 2.34. The van der Waals surface area contributed by atoms with Gasteiger partial charge in [-0.15, -0.1) is 0 Å². The van der Waals surface area contributed by atoms with Gasteiger partial charge in [0.1, 0.15) is 11.3 Å². The molecule has 4 rings (SSSR count). The van der Waals surface area contributed by atoms with Crippen LogP contribution < -0.4 is 11.1 Å². The van der Waals surface area contributed by atoms with E-state index in [-0.39, 0.29) is 23.4 Å². The Kier molecular flexibility index (Phi) is 8.17. The minimum atomic E-state index is -4.55. The third-order valence-electron chi connectivity index (χ3n) is 6.47. The summed E-state index contributed by atoms with van der Waals surface area (Å²) in [6.07, 6.45) is -1.35. The maximum Gasteiger partial charge on any atom is 0.416 e. The van der Waals surface area contributed by atoms with Gasteiger partial charge in [-0.25, -0.2) is 4.98 Å². The summed E-state index contributed by atoms with van der Waals surface area (Å²) in [5, 5.41) is 3.36. The van der Waals surface area contributed by atoms with E-state index in [0.29, 0.717) is 35.6 Å². The zero-order valence-electron chi connectivity index (χ0n) is 21.9. The van der Waals surface area contributed by atoms with Crippen molar-refractivity contribution in [2.24, 2.45) is 0 Å². The SMILES string of the molecule is CCN(CC)Cc1ccc(NC(=O)c2ccc(C)c(C#Cc3cnc(N)c4ncccc34)c2)cc1C(F)(F)F. The average molecular weight is 532 g/mol. The zero-order valence-corrected chi connectivity index (χ0v) is 21.9. The molecule has 2 heterocycles. The molecule has 2 aromatic carbocycles. The third-order valence-corrected chi connectivity index (χ3v) is 6.47. The molecule has 2 aromatic heterocycles. The summed E-state index contributed by atoms with van der Waals surface area (Å²) >= 11 is 0. The number of nitrogen functional groups attached to an aromatic ring is 1. The Bertz CT molecular complexity index is 1580. The highest BCUT2D eigenvalue weighted by molar-refractivity contribution is 6.04. The number of halogens is 3. The summed E-state index contributed by atoms with van der Waals surface area (Å²) in [5.74, 6) is 5.92. The number of hydrogen-bond donors (Lipinski definition) is 2. The lowest BCUT2D eigenvalue weighted by Gasteiger charge is -2.21. The number of alkyl halides is 3. The maximum absolute atomic E-state index is 13.8. The fourth-order valence-electron chi connectivity index (χ4n) is 4.17. The topological polar surface area (TPSA) is 84.1 Å². The maximum atomic E-state index is 13.8. The van der Waals surface area contributed by atoms with E-state index in [1.165, 1.54) is 12.1 Å². The van der Waals surface area contributed by atoms with Gasteiger partial charge in [0, 0.05) is 41.1 Å². The molecule has 0 aliphatic rings. The van der Waals surface area contributed by atoms with E-state index in [9.17, 15) is 18.0 Å². The molecule has 0 unspecified atom stereocenters. The van der Waals surface area contributed by atoms with Crippen LogP contribution in [0.25, 0.3) is 10.9 Å². The number of rotatable bonds is 6. The van der Waals surface area contributed by atoms with E-state index in [2.05, 4.69) is 27.1 Å². The van der Waals surface area contributed by atoms with Gasteiger partial charge >= 0.3 is 6.18 Å². The predicted octanol–water partition coefficient (Wildman–Crippen LogP) is 6.03. The van der Waals surface area contributed by atoms with Gasteiger partial charge in [0.25, 0.3) is 5.91 Å². The number of anilines is 2. The number of fused-ring (bicyclic) bond motifs is 1. The van der Waals surface area contributed by atoms with E-state index in [1.54, 1.807) is 36.7 Å². The second-order valence-corrected chi connectivity index (χ2v) is 9.02. The Morgan fingerprint density at radius 2 is 1.77 bits per heavy atom. The predicted molar refractivity (Wildman–Crippen MR) is 147 cm³/mol. The molecule has 200 valence electrons. The van der Waals surface area contributed by atoms with Crippen molar-refractivity contribution >= 4 is 28.3 Å². The molecule has 6 nitrogen and oxygen atoms in total. The van der Waals surface area contributed by atoms with Crippen molar-refractivity contribution in [3.05, 3.63) is 94.3 Å². The number of amides is 1. The number of nitrogens with zero attached hydrogens (tertiary/aromatic N) is 3. The molecule has 9 heteroatoms. The fourth-order valence-corrected chi connectivity index (χ4v) is 4.17. The summed E-state index contributed by atoms with van der Waals surface area (Å²) in [6, 6.07) is 12.5. The normalized spacial score (nSPS) is 11.4. The van der Waals surface area contributed by atoms with E-state index >= 15 is 0 Å². The van der Waals surface area contributed by atoms with Gasteiger partial charge in [-0.2, -0.15) is 13.2 Å². The number of nitrogens with one attached hydrogen (secondary N) is 1. The Hall–Kier alpha value is -4.42. The second kappa shape index (κ2) is 11.5. The lowest BCUT2D eigenvalue weighted by Crippen LogP contribution is -2.24. The van der Waals surface area contributed by atoms with Crippen LogP contribution in [0.5, 0.6) is 0 Å². The van der Waals surface area contributed by atoms with Crippen molar-refractivity contribution in [2.45, 2.75) is 33.5 Å². The molecule has 1 amide bonds. The summed E-state index contributed by atoms with van der Waals surface area (Å²) < 4.78 is 41.5.